The predicted molar refractivity (Wildman–Crippen MR) is 66.6 cm³/mol. The quantitative estimate of drug-likeness (QED) is 0.363. The van der Waals surface area contributed by atoms with Crippen LogP contribution in [-0.4, -0.2) is 7.25 Å². The maximum Gasteiger partial charge on any atom is 0.673 e. The molecule has 0 saturated carbocycles. The molecule has 0 heterocycles. The van der Waals surface area contributed by atoms with E-state index in [0.717, 1.165) is 15.2 Å². The predicted octanol–water partition coefficient (Wildman–Crippen LogP) is 5.39. The van der Waals surface area contributed by atoms with Gasteiger partial charge in [-0.2, -0.15) is 0 Å². The third kappa shape index (κ3) is 4.33. The van der Waals surface area contributed by atoms with E-state index in [1.165, 1.54) is 0 Å². The highest BCUT2D eigenvalue weighted by Crippen LogP contribution is 2.32. The molecule has 0 aliphatic heterocycles. The van der Waals surface area contributed by atoms with Crippen LogP contribution in [0, 0.1) is 5.39 Å². The topological polar surface area (TPSA) is 28.1 Å². The molecule has 0 bridgehead atoms. The van der Waals surface area contributed by atoms with Gasteiger partial charge in [0, 0.05) is 10.5 Å². The number of halogens is 5. The number of rotatable bonds is 0. The van der Waals surface area contributed by atoms with Crippen molar-refractivity contribution in [1.29, 1.82) is 5.39 Å². The van der Waals surface area contributed by atoms with Crippen LogP contribution in [0.5, 0.6) is 0 Å². The summed E-state index contributed by atoms with van der Waals surface area (Å²) in [4.78, 5) is 3.23. The Morgan fingerprint density at radius 2 is 1.50 bits per heavy atom. The first kappa shape index (κ1) is 14.4. The number of diazo groups is 1. The molecule has 0 saturated heterocycles. The molecular formula is C10H6BBrF4N2. The van der Waals surface area contributed by atoms with Gasteiger partial charge in [-0.05, 0) is 27.4 Å². The Bertz CT molecular complexity index is 583. The van der Waals surface area contributed by atoms with Gasteiger partial charge in [-0.1, -0.05) is 24.3 Å². The molecule has 0 atom stereocenters. The lowest BCUT2D eigenvalue weighted by molar-refractivity contribution is 0.368. The van der Waals surface area contributed by atoms with Gasteiger partial charge >= 0.3 is 12.9 Å². The normalized spacial score (nSPS) is 10.4. The summed E-state index contributed by atoms with van der Waals surface area (Å²) in [5, 5.41) is 10.8. The minimum Gasteiger partial charge on any atom is -0.418 e. The Kier molecular flexibility index (Phi) is 4.67. The fourth-order valence-corrected chi connectivity index (χ4v) is 1.94. The molecule has 0 aliphatic rings. The average molecular weight is 321 g/mol. The van der Waals surface area contributed by atoms with Crippen LogP contribution in [0.1, 0.15) is 0 Å². The monoisotopic (exact) mass is 320 g/mol. The first-order valence-corrected chi connectivity index (χ1v) is 5.52. The van der Waals surface area contributed by atoms with Gasteiger partial charge < -0.3 is 17.3 Å². The second-order valence-corrected chi connectivity index (χ2v) is 4.06. The minimum absolute atomic E-state index is 0.588. The molecule has 94 valence electrons. The molecule has 0 spiro atoms. The Hall–Kier alpha value is -1.62. The van der Waals surface area contributed by atoms with Crippen LogP contribution in [-0.2, 0) is 0 Å². The van der Waals surface area contributed by atoms with Crippen molar-refractivity contribution >= 4 is 39.6 Å². The van der Waals surface area contributed by atoms with Gasteiger partial charge in [-0.15, -0.1) is 0 Å². The zero-order valence-corrected chi connectivity index (χ0v) is 10.4. The van der Waals surface area contributed by atoms with Crippen LogP contribution in [0.4, 0.5) is 23.0 Å². The van der Waals surface area contributed by atoms with E-state index in [1.807, 2.05) is 30.3 Å². The summed E-state index contributed by atoms with van der Waals surface area (Å²) in [6.45, 7) is 0. The summed E-state index contributed by atoms with van der Waals surface area (Å²) in [6, 6.07) is 11.5. The smallest absolute Gasteiger partial charge is 0.418 e. The Morgan fingerprint density at radius 3 is 2.00 bits per heavy atom. The molecule has 2 aromatic carbocycles. The Labute approximate surface area is 108 Å². The van der Waals surface area contributed by atoms with Gasteiger partial charge in [0.15, 0.2) is 4.98 Å². The van der Waals surface area contributed by atoms with Crippen LogP contribution in [0.3, 0.4) is 0 Å². The fraction of sp³-hybridized carbons (Fsp3) is 0. The van der Waals surface area contributed by atoms with Crippen molar-refractivity contribution in [2.45, 2.75) is 0 Å². The summed E-state index contributed by atoms with van der Waals surface area (Å²) in [5.74, 6) is 0. The largest absolute Gasteiger partial charge is 0.673 e. The molecule has 18 heavy (non-hydrogen) atoms. The van der Waals surface area contributed by atoms with Crippen LogP contribution >= 0.6 is 15.9 Å². The van der Waals surface area contributed by atoms with E-state index in [9.17, 15) is 17.3 Å². The number of hydrogen-bond acceptors (Lipinski definition) is 1. The van der Waals surface area contributed by atoms with E-state index in [2.05, 4.69) is 20.9 Å². The first-order chi connectivity index (χ1) is 8.33. The second kappa shape index (κ2) is 5.82. The highest BCUT2D eigenvalue weighted by molar-refractivity contribution is 9.10. The summed E-state index contributed by atoms with van der Waals surface area (Å²) >= 11 is 3.42. The van der Waals surface area contributed by atoms with Gasteiger partial charge in [0.2, 0.25) is 5.39 Å². The van der Waals surface area contributed by atoms with Gasteiger partial charge in [-0.3, -0.25) is 0 Å². The Morgan fingerprint density at radius 1 is 1.00 bits per heavy atom. The van der Waals surface area contributed by atoms with Crippen molar-refractivity contribution < 1.29 is 17.3 Å². The van der Waals surface area contributed by atoms with Crippen LogP contribution in [0.15, 0.2) is 40.9 Å². The van der Waals surface area contributed by atoms with Crippen molar-refractivity contribution in [3.05, 3.63) is 45.8 Å². The summed E-state index contributed by atoms with van der Waals surface area (Å²) in [5.41, 5.74) is 0.588. The number of fused-ring (bicyclic) bond motifs is 1. The van der Waals surface area contributed by atoms with Gasteiger partial charge in [0.25, 0.3) is 0 Å². The average Bonchev–Trinajstić information content (AvgIpc) is 2.26. The molecule has 0 aromatic heterocycles. The lowest BCUT2D eigenvalue weighted by atomic mass is 10.1. The summed E-state index contributed by atoms with van der Waals surface area (Å²) in [6.07, 6.45) is 0. The molecule has 2 aromatic rings. The van der Waals surface area contributed by atoms with E-state index < -0.39 is 7.25 Å². The Balaban J connectivity index is 0.000000280. The highest BCUT2D eigenvalue weighted by atomic mass is 79.9. The summed E-state index contributed by atoms with van der Waals surface area (Å²) in [7, 11) is -6.00. The number of hydrogen-bond donors (Lipinski definition) is 0. The van der Waals surface area contributed by atoms with Crippen molar-refractivity contribution in [1.82, 2.24) is 0 Å². The first-order valence-electron chi connectivity index (χ1n) is 4.72. The molecule has 8 heteroatoms. The van der Waals surface area contributed by atoms with Crippen LogP contribution < -0.4 is 0 Å². The van der Waals surface area contributed by atoms with E-state index in [0.29, 0.717) is 5.69 Å². The zero-order valence-electron chi connectivity index (χ0n) is 8.83. The van der Waals surface area contributed by atoms with E-state index >= 15 is 0 Å². The van der Waals surface area contributed by atoms with Crippen LogP contribution in [0.2, 0.25) is 0 Å². The molecule has 2 rings (SSSR count). The number of benzene rings is 2. The second-order valence-electron chi connectivity index (χ2n) is 3.21. The fourth-order valence-electron chi connectivity index (χ4n) is 1.36. The summed E-state index contributed by atoms with van der Waals surface area (Å²) < 4.78 is 39.9. The maximum absolute atomic E-state index is 9.75. The van der Waals surface area contributed by atoms with Crippen molar-refractivity contribution in [3.8, 4) is 0 Å². The van der Waals surface area contributed by atoms with Crippen molar-refractivity contribution in [2.75, 3.05) is 0 Å². The zero-order chi connectivity index (χ0) is 13.8. The number of nitrogens with zero attached hydrogens (tertiary/aromatic N) is 2. The lowest BCUT2D eigenvalue weighted by Crippen LogP contribution is -2.02. The molecule has 0 N–H and O–H groups in total. The molecule has 2 nitrogen and oxygen atoms in total. The van der Waals surface area contributed by atoms with Crippen LogP contribution in [0.25, 0.3) is 15.7 Å². The van der Waals surface area contributed by atoms with E-state index in [4.69, 9.17) is 5.39 Å². The van der Waals surface area contributed by atoms with Gasteiger partial charge in [-0.25, -0.2) is 0 Å². The molecule has 0 fully saturated rings. The van der Waals surface area contributed by atoms with E-state index in [-0.39, 0.29) is 0 Å². The van der Waals surface area contributed by atoms with Gasteiger partial charge in [0.1, 0.15) is 0 Å². The highest BCUT2D eigenvalue weighted by Gasteiger charge is 2.20. The SMILES string of the molecule is F[B-](F)(F)F.N#[N+]c1cccc2cccc(Br)c12. The van der Waals surface area contributed by atoms with Gasteiger partial charge in [0.05, 0.1) is 5.39 Å². The molecule has 0 aliphatic carbocycles. The van der Waals surface area contributed by atoms with Crippen molar-refractivity contribution in [3.63, 3.8) is 0 Å². The van der Waals surface area contributed by atoms with E-state index in [1.54, 1.807) is 6.07 Å². The third-order valence-corrected chi connectivity index (χ3v) is 2.60. The maximum atomic E-state index is 9.75. The minimum atomic E-state index is -6.00. The molecule has 0 amide bonds. The lowest BCUT2D eigenvalue weighted by Gasteiger charge is -1.95. The molecule has 0 radical (unpaired) electrons. The third-order valence-electron chi connectivity index (χ3n) is 1.94. The molecular weight excluding hydrogens is 315 g/mol. The molecule has 0 unspecified atom stereocenters. The van der Waals surface area contributed by atoms with Crippen molar-refractivity contribution in [2.24, 2.45) is 0 Å². The standard InChI is InChI=1S/C10H6BrN2.BF4/c11-8-5-1-3-7-4-2-6-9(13-12)10(7)8;2-1(3,4)5/h1-6H;/q+1;-1.